The Kier molecular flexibility index (Phi) is 6.56. The van der Waals surface area contributed by atoms with Crippen LogP contribution in [-0.2, 0) is 4.74 Å². The van der Waals surface area contributed by atoms with Crippen LogP contribution in [0.4, 0.5) is 0 Å². The van der Waals surface area contributed by atoms with Crippen LogP contribution in [0.1, 0.15) is 70.8 Å². The van der Waals surface area contributed by atoms with Crippen molar-refractivity contribution in [3.05, 3.63) is 29.8 Å². The molecule has 0 saturated heterocycles. The number of hydrogen-bond donors (Lipinski definition) is 0. The first kappa shape index (κ1) is 16.4. The summed E-state index contributed by atoms with van der Waals surface area (Å²) in [7, 11) is 0. The Hall–Kier alpha value is -1.02. The van der Waals surface area contributed by atoms with E-state index in [0.29, 0.717) is 6.61 Å². The molecule has 118 valence electrons. The molecule has 2 rings (SSSR count). The molecule has 0 amide bonds. The van der Waals surface area contributed by atoms with E-state index in [2.05, 4.69) is 31.2 Å². The van der Waals surface area contributed by atoms with Crippen LogP contribution in [0.3, 0.4) is 0 Å². The zero-order valence-corrected chi connectivity index (χ0v) is 13.8. The molecule has 1 aliphatic rings. The highest BCUT2D eigenvalue weighted by molar-refractivity contribution is 5.29. The summed E-state index contributed by atoms with van der Waals surface area (Å²) in [5.41, 5.74) is 1.47. The molecule has 0 radical (unpaired) electrons. The average molecular weight is 290 g/mol. The second-order valence-corrected chi connectivity index (χ2v) is 6.22. The summed E-state index contributed by atoms with van der Waals surface area (Å²) in [4.78, 5) is 0. The van der Waals surface area contributed by atoms with Gasteiger partial charge in [0.2, 0.25) is 0 Å². The van der Waals surface area contributed by atoms with Crippen molar-refractivity contribution in [1.29, 1.82) is 0 Å². The maximum absolute atomic E-state index is 5.72. The van der Waals surface area contributed by atoms with Crippen LogP contribution in [0.5, 0.6) is 5.75 Å². The zero-order chi connectivity index (χ0) is 15.1. The first-order chi connectivity index (χ1) is 10.2. The second kappa shape index (κ2) is 8.43. The molecule has 1 unspecified atom stereocenters. The van der Waals surface area contributed by atoms with Gasteiger partial charge in [0, 0.05) is 6.61 Å². The molecule has 0 N–H and O–H groups in total. The van der Waals surface area contributed by atoms with E-state index < -0.39 is 0 Å². The normalized spacial score (nSPS) is 23.8. The number of hydrogen-bond acceptors (Lipinski definition) is 2. The van der Waals surface area contributed by atoms with E-state index in [-0.39, 0.29) is 6.29 Å². The molecule has 2 heteroatoms. The molecule has 1 atom stereocenters. The van der Waals surface area contributed by atoms with Gasteiger partial charge in [0.1, 0.15) is 5.75 Å². The van der Waals surface area contributed by atoms with E-state index in [1.54, 1.807) is 0 Å². The third-order valence-corrected chi connectivity index (χ3v) is 4.60. The summed E-state index contributed by atoms with van der Waals surface area (Å²) < 4.78 is 11.1. The number of ether oxygens (including phenoxy) is 2. The van der Waals surface area contributed by atoms with Crippen LogP contribution < -0.4 is 4.74 Å². The maximum atomic E-state index is 5.72. The molecule has 1 saturated carbocycles. The van der Waals surface area contributed by atoms with Gasteiger partial charge in [-0.2, -0.15) is 0 Å². The van der Waals surface area contributed by atoms with E-state index in [1.807, 2.05) is 13.8 Å². The SMILES string of the molecule is CCCC1CCC(c2ccc(OC(C)OCC)cc2)CC1. The lowest BCUT2D eigenvalue weighted by molar-refractivity contribution is -0.0613. The Morgan fingerprint density at radius 3 is 2.29 bits per heavy atom. The minimum Gasteiger partial charge on any atom is -0.465 e. The topological polar surface area (TPSA) is 18.5 Å². The second-order valence-electron chi connectivity index (χ2n) is 6.22. The first-order valence-corrected chi connectivity index (χ1v) is 8.61. The minimum absolute atomic E-state index is 0.176. The molecule has 0 bridgehead atoms. The van der Waals surface area contributed by atoms with Crippen LogP contribution in [0.25, 0.3) is 0 Å². The lowest BCUT2D eigenvalue weighted by Crippen LogP contribution is -2.16. The van der Waals surface area contributed by atoms with Gasteiger partial charge in [0.15, 0.2) is 6.29 Å². The van der Waals surface area contributed by atoms with Crippen LogP contribution in [-0.4, -0.2) is 12.9 Å². The lowest BCUT2D eigenvalue weighted by Gasteiger charge is -2.28. The molecule has 21 heavy (non-hydrogen) atoms. The van der Waals surface area contributed by atoms with Gasteiger partial charge >= 0.3 is 0 Å². The Bertz CT molecular complexity index is 391. The first-order valence-electron chi connectivity index (χ1n) is 8.61. The highest BCUT2D eigenvalue weighted by Crippen LogP contribution is 2.37. The summed E-state index contributed by atoms with van der Waals surface area (Å²) in [6, 6.07) is 8.64. The van der Waals surface area contributed by atoms with Gasteiger partial charge in [-0.1, -0.05) is 31.9 Å². The minimum atomic E-state index is -0.176. The summed E-state index contributed by atoms with van der Waals surface area (Å²) in [6.07, 6.45) is 8.07. The van der Waals surface area contributed by atoms with Crippen molar-refractivity contribution in [3.8, 4) is 5.75 Å². The van der Waals surface area contributed by atoms with Crippen LogP contribution >= 0.6 is 0 Å². The van der Waals surface area contributed by atoms with Crippen LogP contribution in [0, 0.1) is 5.92 Å². The Balaban J connectivity index is 1.85. The number of rotatable bonds is 7. The molecule has 0 aliphatic heterocycles. The van der Waals surface area contributed by atoms with Gasteiger partial charge in [-0.3, -0.25) is 0 Å². The predicted octanol–water partition coefficient (Wildman–Crippen LogP) is 5.52. The Morgan fingerprint density at radius 1 is 1.05 bits per heavy atom. The Morgan fingerprint density at radius 2 is 1.71 bits per heavy atom. The highest BCUT2D eigenvalue weighted by atomic mass is 16.7. The van der Waals surface area contributed by atoms with Crippen molar-refractivity contribution in [2.75, 3.05) is 6.61 Å². The van der Waals surface area contributed by atoms with Gasteiger partial charge in [-0.25, -0.2) is 0 Å². The molecule has 0 spiro atoms. The fourth-order valence-electron chi connectivity index (χ4n) is 3.47. The fourth-order valence-corrected chi connectivity index (χ4v) is 3.47. The molecule has 2 nitrogen and oxygen atoms in total. The van der Waals surface area contributed by atoms with Crippen LogP contribution in [0.2, 0.25) is 0 Å². The molecular weight excluding hydrogens is 260 g/mol. The van der Waals surface area contributed by atoms with Crippen LogP contribution in [0.15, 0.2) is 24.3 Å². The summed E-state index contributed by atoms with van der Waals surface area (Å²) in [5, 5.41) is 0. The molecule has 1 aromatic rings. The fraction of sp³-hybridized carbons (Fsp3) is 0.684. The standard InChI is InChI=1S/C19H30O2/c1-4-6-16-7-9-17(10-8-16)18-11-13-19(14-12-18)21-15(3)20-5-2/h11-17H,4-10H2,1-3H3. The zero-order valence-electron chi connectivity index (χ0n) is 13.8. The highest BCUT2D eigenvalue weighted by Gasteiger charge is 2.21. The van der Waals surface area contributed by atoms with E-state index in [4.69, 9.17) is 9.47 Å². The summed E-state index contributed by atoms with van der Waals surface area (Å²) in [5.74, 6) is 2.62. The van der Waals surface area contributed by atoms with E-state index in [1.165, 1.54) is 44.1 Å². The largest absolute Gasteiger partial charge is 0.465 e. The Labute approximate surface area is 129 Å². The summed E-state index contributed by atoms with van der Waals surface area (Å²) in [6.45, 7) is 6.90. The van der Waals surface area contributed by atoms with Gasteiger partial charge in [-0.15, -0.1) is 0 Å². The molecule has 0 aromatic heterocycles. The van der Waals surface area contributed by atoms with E-state index in [9.17, 15) is 0 Å². The number of benzene rings is 1. The van der Waals surface area contributed by atoms with Crippen molar-refractivity contribution < 1.29 is 9.47 Å². The molecule has 1 aliphatic carbocycles. The van der Waals surface area contributed by atoms with Crippen molar-refractivity contribution in [3.63, 3.8) is 0 Å². The molecule has 1 aromatic carbocycles. The predicted molar refractivity (Wildman–Crippen MR) is 87.8 cm³/mol. The van der Waals surface area contributed by atoms with Crippen molar-refractivity contribution >= 4 is 0 Å². The average Bonchev–Trinajstić information content (AvgIpc) is 2.49. The summed E-state index contributed by atoms with van der Waals surface area (Å²) >= 11 is 0. The monoisotopic (exact) mass is 290 g/mol. The van der Waals surface area contributed by atoms with Crippen molar-refractivity contribution in [2.45, 2.75) is 71.5 Å². The maximum Gasteiger partial charge on any atom is 0.196 e. The van der Waals surface area contributed by atoms with Gasteiger partial charge in [0.05, 0.1) is 0 Å². The quantitative estimate of drug-likeness (QED) is 0.615. The van der Waals surface area contributed by atoms with Crippen molar-refractivity contribution in [1.82, 2.24) is 0 Å². The molecule has 0 heterocycles. The van der Waals surface area contributed by atoms with Crippen molar-refractivity contribution in [2.24, 2.45) is 5.92 Å². The van der Waals surface area contributed by atoms with E-state index >= 15 is 0 Å². The molecular formula is C19H30O2. The smallest absolute Gasteiger partial charge is 0.196 e. The van der Waals surface area contributed by atoms with Gasteiger partial charge in [-0.05, 0) is 69.1 Å². The third-order valence-electron chi connectivity index (χ3n) is 4.60. The van der Waals surface area contributed by atoms with Gasteiger partial charge in [0.25, 0.3) is 0 Å². The van der Waals surface area contributed by atoms with E-state index in [0.717, 1.165) is 17.6 Å². The molecule has 1 fully saturated rings. The lowest BCUT2D eigenvalue weighted by atomic mass is 9.77. The third kappa shape index (κ3) is 5.03. The van der Waals surface area contributed by atoms with Gasteiger partial charge < -0.3 is 9.47 Å².